The first kappa shape index (κ1) is 130. The molecule has 4 heterocycles. The number of rotatable bonds is 20. The van der Waals surface area contributed by atoms with Gasteiger partial charge in [-0.05, 0) is 261 Å². The van der Waals surface area contributed by atoms with Gasteiger partial charge in [0.2, 0.25) is 21.3 Å². The van der Waals surface area contributed by atoms with E-state index in [0.717, 1.165) is 104 Å². The summed E-state index contributed by atoms with van der Waals surface area (Å²) < 4.78 is 133. The van der Waals surface area contributed by atoms with Crippen molar-refractivity contribution in [2.45, 2.75) is 199 Å². The van der Waals surface area contributed by atoms with Gasteiger partial charge < -0.3 is 76.3 Å². The van der Waals surface area contributed by atoms with Crippen LogP contribution >= 0.6 is 115 Å². The molecule has 140 heavy (non-hydrogen) atoms. The predicted molar refractivity (Wildman–Crippen MR) is 570 cm³/mol. The zero-order chi connectivity index (χ0) is 112. The van der Waals surface area contributed by atoms with E-state index < -0.39 is 102 Å². The third kappa shape index (κ3) is 57.4. The van der Waals surface area contributed by atoms with Crippen molar-refractivity contribution in [3.63, 3.8) is 0 Å². The molecule has 1 saturated heterocycles. The summed E-state index contributed by atoms with van der Waals surface area (Å²) in [6.07, 6.45) is 1.50. The van der Waals surface area contributed by atoms with Gasteiger partial charge in [0.25, 0.3) is 23.8 Å². The third-order valence-electron chi connectivity index (χ3n) is 17.1. The number of nitro benzene ring substituents is 3. The summed E-state index contributed by atoms with van der Waals surface area (Å²) in [5, 5.41) is 65.0. The number of hydrogen-bond acceptors (Lipinski definition) is 27. The van der Waals surface area contributed by atoms with Gasteiger partial charge in [-0.1, -0.05) is 135 Å². The van der Waals surface area contributed by atoms with Gasteiger partial charge in [0.1, 0.15) is 39.7 Å². The van der Waals surface area contributed by atoms with Crippen LogP contribution < -0.4 is 150 Å². The van der Waals surface area contributed by atoms with Crippen LogP contribution in [0.1, 0.15) is 170 Å². The molecule has 1 aliphatic heterocycles. The zero-order valence-electron chi connectivity index (χ0n) is 90.7. The Balaban J connectivity index is -0.000000382. The molecule has 0 saturated carbocycles. The molecule has 1 fully saturated rings. The first-order chi connectivity index (χ1) is 66.4. The molecule has 11 aromatic rings. The third-order valence-corrected chi connectivity index (χ3v) is 20.4. The number of carboxylic acids is 1. The normalized spacial score (nSPS) is 12.2. The fourth-order valence-corrected chi connectivity index (χ4v) is 12.9. The van der Waals surface area contributed by atoms with E-state index in [2.05, 4.69) is 120 Å². The van der Waals surface area contributed by atoms with Crippen LogP contribution in [0.2, 0.25) is 10.4 Å². The second-order valence-corrected chi connectivity index (χ2v) is 36.6. The van der Waals surface area contributed by atoms with Gasteiger partial charge >= 0.3 is 168 Å². The van der Waals surface area contributed by atoms with Crippen LogP contribution in [-0.2, 0) is 56.4 Å². The van der Waals surface area contributed by atoms with Crippen LogP contribution in [-0.4, -0.2) is 193 Å². The van der Waals surface area contributed by atoms with Crippen molar-refractivity contribution < 1.29 is 199 Å². The maximum atomic E-state index is 12.6. The van der Waals surface area contributed by atoms with Crippen LogP contribution in [0, 0.1) is 50.0 Å². The van der Waals surface area contributed by atoms with Gasteiger partial charge in [-0.3, -0.25) is 44.3 Å². The van der Waals surface area contributed by atoms with Crippen LogP contribution in [0.4, 0.5) is 48.6 Å². The summed E-state index contributed by atoms with van der Waals surface area (Å²) in [6.45, 7) is 37.3. The summed E-state index contributed by atoms with van der Waals surface area (Å²) in [4.78, 5) is 68.7. The number of aromatic nitrogens is 6. The van der Waals surface area contributed by atoms with Crippen molar-refractivity contribution in [1.29, 1.82) is 0 Å². The fraction of sp³-hybridized carbons (Fsp3) is 0.378. The van der Waals surface area contributed by atoms with Gasteiger partial charge in [0.15, 0.2) is 0 Å². The van der Waals surface area contributed by atoms with Crippen LogP contribution in [0.25, 0.3) is 22.1 Å². The zero-order valence-corrected chi connectivity index (χ0v) is 105. The standard InChI is InChI=1S/C17H25BN2O2.C17H19BrN2O3.C11H13BrN2.C11H17NO.C9H11BrN2O2.C9H13BrN2.C6H3BrFNO2.C4H2Cl2N2.C2H4O2.C2H6O.CH3F.CH2O3.ClH.2K.2Na.O3S2.H/c1-11(2)20-12(3)19-14-9-8-13(10-15(14)20)18-21-16(4,5)17(6,7)22-18;1-12(2)19(11-13-4-7-15(23-3)8-5-13)17-10-14(18)6-9-16(17)20(21)22;1-7(2)14-8(3)13-10-5-4-9(12)6-11(10)14;1-9(2)12-8-10-4-6-11(13-3)7-5-10;1-6(2)11-8-5-7(10)3-4-9(8)12(13)14;1-6(2)12-9-5-7(10)3-4-8(9)11;7-4-1-2-6(9(10)11)5(8)3-4;5-3-1-2-7-4(6)8-3;1-2(3)4;1-2-3;1-2;2-1-4-3;;;;;;1-4-5(2)3;/h8-11H,1-7H3;4-10,12H,11H2,1-3H3;4-7H,1-3H3;4-7,9,12H,8H2,1-3H3;3-6,11H,1-2H3;3-6,12H,11H2,1-2H3;1-3H;1-2H;1H3,(H,3,4);3H,2H2,1H3;1H3;1,3H;1H;;;;;;/q;;;;;;;;;;;;;2*+1;;;;-1/p-1/i11D;12D;7D;9D;2*6D;;;;;1D;;;;;;;;. The monoisotopic (exact) mass is 2440 g/mol. The van der Waals surface area contributed by atoms with Crippen molar-refractivity contribution >= 4 is 265 Å². The number of benzene rings is 8. The molecule has 0 spiro atoms. The summed E-state index contributed by atoms with van der Waals surface area (Å²) in [5.74, 6) is 1.65. The van der Waals surface area contributed by atoms with E-state index in [1.54, 1.807) is 104 Å². The number of halogens is 10. The predicted octanol–water partition coefficient (Wildman–Crippen LogP) is 16.1. The van der Waals surface area contributed by atoms with Gasteiger partial charge in [-0.15, -0.1) is 12.4 Å². The Morgan fingerprint density at radius 2 is 1.04 bits per heavy atom. The van der Waals surface area contributed by atoms with Gasteiger partial charge in [-0.2, -0.15) is 17.0 Å². The van der Waals surface area contributed by atoms with Crippen molar-refractivity contribution in [3.05, 3.63) is 262 Å². The van der Waals surface area contributed by atoms with Crippen molar-refractivity contribution in [3.8, 4) is 11.5 Å². The number of imidazole rings is 2. The quantitative estimate of drug-likeness (QED) is 0.00603. The molecule has 7 N–H and O–H groups in total. The minimum atomic E-state index is -2.46. The molecule has 1 aliphatic rings. The van der Waals surface area contributed by atoms with E-state index in [1.165, 1.54) is 68.0 Å². The van der Waals surface area contributed by atoms with Crippen molar-refractivity contribution in [2.75, 3.05) is 49.2 Å². The number of aliphatic hydroxyl groups excluding tert-OH is 1. The fourth-order valence-electron chi connectivity index (χ4n) is 10.8. The number of nitrogens with two attached hydrogens (primary N) is 1. The number of nitrogens with zero attached hydrogens (tertiary/aromatic N) is 10. The Morgan fingerprint density at radius 1 is 0.664 bits per heavy atom. The van der Waals surface area contributed by atoms with Crippen LogP contribution in [0.15, 0.2) is 192 Å². The van der Waals surface area contributed by atoms with E-state index >= 15 is 0 Å². The SMILES string of the molecule is CC(=O)O.CCO.Cl.Clc1ccnc(Cl)n1.O=CO[O-].O=S=S(=O)=O.O=[N+]([O-])c1ccc(Br)cc1F.[2H]C(C)(C)N(Cc1ccc(OC)cc1)c1cc(Br)ccc1[N+](=O)[O-].[2H]C(C)(C)NCc1ccc(OC)cc1.[2H]C(C)(C)Nc1cc(Br)ccc1N.[2H]C(C)(C)Nc1cc(Br)ccc1[N+](=O)[O-].[2H]C(C)(C)n1c(C)nc2ccc(B3OC(C)(C)C(C)(C)O3)cc21.[2H]C(C)(C)n1c(C)nc2ccc(Br)cc21.[2H]CF.[H-].[K+].[K+].[Na][Na]. The number of carboxylic acid groups (broad SMARTS) is 1. The summed E-state index contributed by atoms with van der Waals surface area (Å²) in [6, 6.07) is 42.5. The number of aliphatic hydroxyl groups is 1. The molecule has 0 atom stereocenters. The number of alkyl halides is 1. The number of nitro groups is 3. The number of aryl methyl sites for hydroxylation is 2. The van der Waals surface area contributed by atoms with Gasteiger partial charge in [0, 0.05) is 111 Å². The van der Waals surface area contributed by atoms with Crippen LogP contribution in [0.5, 0.6) is 11.5 Å². The molecule has 0 bridgehead atoms. The van der Waals surface area contributed by atoms with Gasteiger partial charge in [0.05, 0.1) is 89.0 Å². The van der Waals surface area contributed by atoms with Crippen LogP contribution in [0.3, 0.4) is 0 Å². The molecule has 50 heteroatoms. The van der Waals surface area contributed by atoms with Gasteiger partial charge in [-0.25, -0.2) is 19.9 Å². The summed E-state index contributed by atoms with van der Waals surface area (Å²) in [5.41, 5.74) is 13.5. The number of fused-ring (bicyclic) bond motifs is 2. The molecule has 0 radical (unpaired) electrons. The molecule has 12 rings (SSSR count). The molecule has 3 aromatic heterocycles. The number of hydrogen-bond donors (Lipinski definition) is 6. The van der Waals surface area contributed by atoms with E-state index in [4.69, 9.17) is 95.0 Å². The number of anilines is 4. The molecule has 752 valence electrons. The number of nitrogens with one attached hydrogen (secondary N) is 3. The maximum absolute atomic E-state index is 12.6. The number of nitrogen functional groups attached to an aromatic ring is 1. The number of ether oxygens (including phenoxy) is 2. The van der Waals surface area contributed by atoms with E-state index in [0.29, 0.717) is 39.8 Å². The molecule has 0 amide bonds. The first-order valence-electron chi connectivity index (χ1n) is 44.4. The molecule has 33 nitrogen and oxygen atoms in total. The van der Waals surface area contributed by atoms with Crippen molar-refractivity contribution in [2.24, 2.45) is 0 Å². The van der Waals surface area contributed by atoms with E-state index in [1.807, 2.05) is 189 Å². The number of aliphatic carboxylic acids is 1. The Bertz CT molecular complexity index is 6050. The molecular weight excluding hydrogens is 2320 g/mol. The molecule has 0 aliphatic carbocycles. The van der Waals surface area contributed by atoms with Crippen molar-refractivity contribution in [1.82, 2.24) is 34.4 Å². The first-order valence-corrected chi connectivity index (χ1v) is 55.7. The van der Waals surface area contributed by atoms with E-state index in [-0.39, 0.29) is 158 Å². The summed E-state index contributed by atoms with van der Waals surface area (Å²) >= 11 is 30.0. The Hall–Kier alpha value is -4.17. The Morgan fingerprint density at radius 3 is 1.41 bits per heavy atom. The van der Waals surface area contributed by atoms with E-state index in [9.17, 15) is 39.1 Å². The topological polar surface area (TPSA) is 451 Å². The average Bonchev–Trinajstić information content (AvgIpc) is 1.59. The molecular formula is C90H119BBr5Cl3F2K2N14Na2O19S2. The second-order valence-electron chi connectivity index (χ2n) is 29.5. The Kier molecular flexibility index (Phi) is 72.5. The summed E-state index contributed by atoms with van der Waals surface area (Å²) in [7, 11) is -1.07. The minimum absolute atomic E-state index is 0. The average molecular weight is 2450 g/mol. The number of carbonyl (C=O) groups is 2. The Labute approximate surface area is 1010 Å². The second kappa shape index (κ2) is 78.1. The molecule has 0 unspecified atom stereocenters. The molecule has 8 aromatic carbocycles. The number of methoxy groups -OCH3 is 2. The number of carbonyl (C=O) groups excluding carboxylic acids is 1.